The first-order valence-electron chi connectivity index (χ1n) is 8.72. The Labute approximate surface area is 166 Å². The Kier molecular flexibility index (Phi) is 5.93. The molecule has 0 saturated carbocycles. The van der Waals surface area contributed by atoms with Crippen molar-refractivity contribution >= 4 is 31.9 Å². The highest BCUT2D eigenvalue weighted by Gasteiger charge is 2.55. The van der Waals surface area contributed by atoms with E-state index in [2.05, 4.69) is 15.9 Å². The summed E-state index contributed by atoms with van der Waals surface area (Å²) in [6.07, 6.45) is -0.0974. The van der Waals surface area contributed by atoms with Crippen LogP contribution in [0, 0.1) is 0 Å². The number of amides is 1. The molecule has 2 aliphatic heterocycles. The first kappa shape index (κ1) is 20.7. The van der Waals surface area contributed by atoms with Crippen molar-refractivity contribution in [3.63, 3.8) is 0 Å². The number of benzene rings is 1. The number of hydrogen-bond donors (Lipinski definition) is 2. The van der Waals surface area contributed by atoms with Crippen LogP contribution in [0.15, 0.2) is 28.7 Å². The van der Waals surface area contributed by atoms with Gasteiger partial charge in [0.05, 0.1) is 0 Å². The van der Waals surface area contributed by atoms with Gasteiger partial charge in [-0.15, -0.1) is 0 Å². The van der Waals surface area contributed by atoms with Crippen molar-refractivity contribution in [2.75, 3.05) is 26.3 Å². The minimum absolute atomic E-state index is 0.00118. The molecule has 2 saturated heterocycles. The zero-order chi connectivity index (χ0) is 19.7. The third-order valence-electron chi connectivity index (χ3n) is 5.53. The maximum Gasteiger partial charge on any atom is 0.266 e. The van der Waals surface area contributed by atoms with E-state index in [-0.39, 0.29) is 52.0 Å². The molecule has 7 nitrogen and oxygen atoms in total. The molecule has 2 N–H and O–H groups in total. The van der Waals surface area contributed by atoms with Gasteiger partial charge in [0.25, 0.3) is 5.91 Å². The van der Waals surface area contributed by atoms with Gasteiger partial charge < -0.3 is 4.74 Å². The number of nitrogens with zero attached hydrogens (tertiary/aromatic N) is 1. The number of rotatable bonds is 4. The fourth-order valence-corrected chi connectivity index (χ4v) is 6.15. The van der Waals surface area contributed by atoms with Crippen molar-refractivity contribution in [2.24, 2.45) is 0 Å². The molecule has 1 aromatic rings. The van der Waals surface area contributed by atoms with Crippen LogP contribution in [0.2, 0.25) is 0 Å². The Bertz CT molecular complexity index is 788. The fraction of sp³-hybridized carbons (Fsp3) is 0.588. The van der Waals surface area contributed by atoms with Crippen LogP contribution in [0.25, 0.3) is 0 Å². The van der Waals surface area contributed by atoms with E-state index >= 15 is 4.39 Å². The summed E-state index contributed by atoms with van der Waals surface area (Å²) in [5.41, 5.74) is 0.384. The highest BCUT2D eigenvalue weighted by molar-refractivity contribution is 9.10. The molecule has 0 aromatic heterocycles. The molecule has 150 valence electrons. The molecule has 2 heterocycles. The molecular formula is C17H22BrFN2O5S. The number of ether oxygens (including phenoxy) is 1. The number of hydroxylamine groups is 1. The van der Waals surface area contributed by atoms with E-state index in [1.165, 1.54) is 9.79 Å². The van der Waals surface area contributed by atoms with Gasteiger partial charge in [-0.3, -0.25) is 10.0 Å². The minimum atomic E-state index is -4.09. The van der Waals surface area contributed by atoms with E-state index in [1.54, 1.807) is 24.3 Å². The molecule has 0 unspecified atom stereocenters. The Morgan fingerprint density at radius 2 is 1.70 bits per heavy atom. The van der Waals surface area contributed by atoms with Crippen LogP contribution in [-0.4, -0.2) is 54.9 Å². The molecule has 0 aliphatic carbocycles. The number of alkyl halides is 1. The summed E-state index contributed by atoms with van der Waals surface area (Å²) >= 11 is 3.31. The summed E-state index contributed by atoms with van der Waals surface area (Å²) in [5, 5.41) is 9.08. The second-order valence-corrected chi connectivity index (χ2v) is 10.1. The molecule has 2 fully saturated rings. The Morgan fingerprint density at radius 1 is 1.15 bits per heavy atom. The van der Waals surface area contributed by atoms with Crippen LogP contribution in [0.1, 0.15) is 31.2 Å². The Balaban J connectivity index is 1.81. The largest absolute Gasteiger partial charge is 0.381 e. The Hall–Kier alpha value is -1.07. The van der Waals surface area contributed by atoms with Crippen LogP contribution in [-0.2, 0) is 25.2 Å². The van der Waals surface area contributed by atoms with Crippen LogP contribution < -0.4 is 5.48 Å². The van der Waals surface area contributed by atoms with Gasteiger partial charge in [-0.2, -0.15) is 0 Å². The second-order valence-electron chi connectivity index (χ2n) is 6.92. The van der Waals surface area contributed by atoms with Crippen LogP contribution >= 0.6 is 15.9 Å². The molecule has 0 bridgehead atoms. The lowest BCUT2D eigenvalue weighted by atomic mass is 9.87. The van der Waals surface area contributed by atoms with E-state index < -0.39 is 26.3 Å². The van der Waals surface area contributed by atoms with Gasteiger partial charge >= 0.3 is 0 Å². The third-order valence-corrected chi connectivity index (χ3v) is 8.68. The van der Waals surface area contributed by atoms with Gasteiger partial charge in [-0.05, 0) is 30.5 Å². The summed E-state index contributed by atoms with van der Waals surface area (Å²) in [5.74, 6) is -0.962. The zero-order valence-corrected chi connectivity index (χ0v) is 17.1. The van der Waals surface area contributed by atoms with E-state index in [1.807, 2.05) is 0 Å². The highest BCUT2D eigenvalue weighted by Crippen LogP contribution is 2.41. The monoisotopic (exact) mass is 464 g/mol. The first-order chi connectivity index (χ1) is 12.7. The van der Waals surface area contributed by atoms with Crippen molar-refractivity contribution in [2.45, 2.75) is 36.1 Å². The summed E-state index contributed by atoms with van der Waals surface area (Å²) < 4.78 is 47.3. The third kappa shape index (κ3) is 3.65. The maximum absolute atomic E-state index is 15.4. The molecule has 0 spiro atoms. The molecule has 27 heavy (non-hydrogen) atoms. The predicted molar refractivity (Wildman–Crippen MR) is 99.4 cm³/mol. The van der Waals surface area contributed by atoms with Gasteiger partial charge in [-0.25, -0.2) is 22.6 Å². The minimum Gasteiger partial charge on any atom is -0.381 e. The number of hydrogen-bond acceptors (Lipinski definition) is 5. The average molecular weight is 465 g/mol. The standard InChI is InChI=1S/C17H22BrFN2O5S/c18-14-3-1-13(2-4-14)16(19)5-9-21(10-6-16)27(24,25)17(15(22)20-23)7-11-26-12-8-17/h1-4,23H,5-12H2,(H,20,22). The molecule has 1 amide bonds. The van der Waals surface area contributed by atoms with Gasteiger partial charge in [0.1, 0.15) is 5.67 Å². The molecule has 2 aliphatic rings. The highest BCUT2D eigenvalue weighted by atomic mass is 79.9. The summed E-state index contributed by atoms with van der Waals surface area (Å²) in [4.78, 5) is 12.3. The molecule has 0 radical (unpaired) electrons. The predicted octanol–water partition coefficient (Wildman–Crippen LogP) is 2.09. The van der Waals surface area contributed by atoms with Gasteiger partial charge in [0.2, 0.25) is 10.0 Å². The van der Waals surface area contributed by atoms with E-state index in [0.29, 0.717) is 5.56 Å². The van der Waals surface area contributed by atoms with Crippen molar-refractivity contribution in [1.29, 1.82) is 0 Å². The van der Waals surface area contributed by atoms with Crippen LogP contribution in [0.3, 0.4) is 0 Å². The maximum atomic E-state index is 15.4. The van der Waals surface area contributed by atoms with Crippen molar-refractivity contribution in [1.82, 2.24) is 9.79 Å². The second kappa shape index (κ2) is 7.75. The summed E-state index contributed by atoms with van der Waals surface area (Å²) in [6, 6.07) is 6.88. The summed E-state index contributed by atoms with van der Waals surface area (Å²) in [6.45, 7) is 0.144. The number of carbonyl (C=O) groups excluding carboxylic acids is 1. The molecular weight excluding hydrogens is 443 g/mol. The molecule has 3 rings (SSSR count). The van der Waals surface area contributed by atoms with Gasteiger partial charge in [-0.1, -0.05) is 28.1 Å². The van der Waals surface area contributed by atoms with Gasteiger partial charge in [0, 0.05) is 43.6 Å². The smallest absolute Gasteiger partial charge is 0.266 e. The quantitative estimate of drug-likeness (QED) is 0.525. The van der Waals surface area contributed by atoms with E-state index in [4.69, 9.17) is 9.94 Å². The van der Waals surface area contributed by atoms with E-state index in [9.17, 15) is 13.2 Å². The summed E-state index contributed by atoms with van der Waals surface area (Å²) in [7, 11) is -4.09. The lowest BCUT2D eigenvalue weighted by Crippen LogP contribution is -2.60. The number of halogens is 2. The van der Waals surface area contributed by atoms with Crippen molar-refractivity contribution in [3.8, 4) is 0 Å². The number of sulfonamides is 1. The van der Waals surface area contributed by atoms with Crippen molar-refractivity contribution < 1.29 is 27.5 Å². The SMILES string of the molecule is O=C(NO)C1(S(=O)(=O)N2CCC(F)(c3ccc(Br)cc3)CC2)CCOCC1. The lowest BCUT2D eigenvalue weighted by Gasteiger charge is -2.42. The Morgan fingerprint density at radius 3 is 2.22 bits per heavy atom. The van der Waals surface area contributed by atoms with E-state index in [0.717, 1.165) is 4.47 Å². The number of nitrogens with one attached hydrogen (secondary N) is 1. The van der Waals surface area contributed by atoms with Crippen LogP contribution in [0.5, 0.6) is 0 Å². The molecule has 10 heteroatoms. The molecule has 0 atom stereocenters. The number of piperidine rings is 1. The van der Waals surface area contributed by atoms with Gasteiger partial charge in [0.15, 0.2) is 4.75 Å². The molecule has 1 aromatic carbocycles. The topological polar surface area (TPSA) is 95.9 Å². The zero-order valence-electron chi connectivity index (χ0n) is 14.7. The fourth-order valence-electron chi connectivity index (χ4n) is 3.77. The normalized spacial score (nSPS) is 22.9. The lowest BCUT2D eigenvalue weighted by molar-refractivity contribution is -0.134. The van der Waals surface area contributed by atoms with Crippen LogP contribution in [0.4, 0.5) is 4.39 Å². The van der Waals surface area contributed by atoms with Crippen molar-refractivity contribution in [3.05, 3.63) is 34.3 Å². The average Bonchev–Trinajstić information content (AvgIpc) is 2.68. The first-order valence-corrected chi connectivity index (χ1v) is 11.0. The number of carbonyl (C=O) groups is 1.